The first-order valence-electron chi connectivity index (χ1n) is 14.3. The third-order valence-electron chi connectivity index (χ3n) is 5.66. The predicted octanol–water partition coefficient (Wildman–Crippen LogP) is 11.9. The fraction of sp³-hybridized carbons (Fsp3) is 0.438. The maximum absolute atomic E-state index is 5.22. The minimum Gasteiger partial charge on any atom is -0.687 e. The average Bonchev–Trinajstić information content (AvgIpc) is 2.80. The van der Waals surface area contributed by atoms with Crippen molar-refractivity contribution in [2.45, 2.75) is 77.4 Å². The summed E-state index contributed by atoms with van der Waals surface area (Å²) in [5.41, 5.74) is 7.80. The van der Waals surface area contributed by atoms with E-state index in [0.717, 1.165) is 18.5 Å². The summed E-state index contributed by atoms with van der Waals surface area (Å²) in [6, 6.07) is 26.5. The zero-order valence-corrected chi connectivity index (χ0v) is 34.9. The standard InChI is InChI=1S/C30H45N3PSi3.C2H6N.Hf/c1-35(2,3)31-28-19-13-10-16-25(28)22-34(23-26-17-11-14-20-29(26)32-36(4,5)6)24-27-18-12-15-21-30(27)33-37(7,8)9;1-3-2;/h10-21H,22-24H2,1-9H3;1-2H3;/q-3;-1;+4/p+1. The van der Waals surface area contributed by atoms with Crippen molar-refractivity contribution in [3.63, 3.8) is 0 Å². The van der Waals surface area contributed by atoms with Crippen LogP contribution in [0.2, 0.25) is 58.9 Å². The molecule has 220 valence electrons. The van der Waals surface area contributed by atoms with Crippen LogP contribution in [-0.2, 0) is 44.3 Å². The Kier molecular flexibility index (Phi) is 16.0. The van der Waals surface area contributed by atoms with Crippen LogP contribution < -0.4 is 0 Å². The number of rotatable bonds is 12. The summed E-state index contributed by atoms with van der Waals surface area (Å²) in [6.45, 7) is 20.9. The minimum absolute atomic E-state index is 0. The first kappa shape index (κ1) is 38.0. The molecule has 0 aliphatic carbocycles. The average molecular weight is 787 g/mol. The summed E-state index contributed by atoms with van der Waals surface area (Å²) in [4.78, 5) is 15.7. The van der Waals surface area contributed by atoms with Crippen molar-refractivity contribution in [3.05, 3.63) is 110 Å². The van der Waals surface area contributed by atoms with Crippen LogP contribution in [0.3, 0.4) is 0 Å². The van der Waals surface area contributed by atoms with Gasteiger partial charge in [-0.2, -0.15) is 14.1 Å². The van der Waals surface area contributed by atoms with Gasteiger partial charge in [0.2, 0.25) is 0 Å². The van der Waals surface area contributed by atoms with E-state index in [-0.39, 0.29) is 25.8 Å². The number of hydrogen-bond acceptors (Lipinski definition) is 0. The maximum Gasteiger partial charge on any atom is 4.00 e. The fourth-order valence-corrected chi connectivity index (χ4v) is 10.1. The summed E-state index contributed by atoms with van der Waals surface area (Å²) in [6.07, 6.45) is 3.28. The zero-order chi connectivity index (χ0) is 30.0. The monoisotopic (exact) mass is 787 g/mol. The topological polar surface area (TPSA) is 56.4 Å². The van der Waals surface area contributed by atoms with Crippen molar-refractivity contribution in [1.29, 1.82) is 0 Å². The van der Waals surface area contributed by atoms with Crippen LogP contribution in [0, 0.1) is 0 Å². The molecule has 9 heteroatoms. The molecule has 0 saturated carbocycles. The Morgan fingerprint density at radius 2 is 0.683 bits per heavy atom. The Morgan fingerprint density at radius 3 is 0.902 bits per heavy atom. The summed E-state index contributed by atoms with van der Waals surface area (Å²) in [7, 11) is -2.12. The molecule has 0 aliphatic rings. The molecule has 3 aromatic rings. The minimum atomic E-state index is -1.58. The number of benzene rings is 3. The first-order chi connectivity index (χ1) is 18.6. The Hall–Kier alpha value is -1.03. The van der Waals surface area contributed by atoms with Gasteiger partial charge in [-0.1, -0.05) is 132 Å². The summed E-state index contributed by atoms with van der Waals surface area (Å²) in [5, 5.41) is 3.50. The number of nitrogens with zero attached hydrogens (tertiary/aromatic N) is 4. The number of hydrogen-bond donors (Lipinski definition) is 0. The largest absolute Gasteiger partial charge is 4.00 e. The van der Waals surface area contributed by atoms with E-state index in [1.165, 1.54) is 33.8 Å². The van der Waals surface area contributed by atoms with Crippen molar-refractivity contribution in [1.82, 2.24) is 0 Å². The summed E-state index contributed by atoms with van der Waals surface area (Å²) in [5.74, 6) is 0. The maximum atomic E-state index is 5.22. The molecule has 0 amide bonds. The van der Waals surface area contributed by atoms with Crippen LogP contribution >= 0.6 is 7.92 Å². The van der Waals surface area contributed by atoms with E-state index in [9.17, 15) is 0 Å². The molecule has 0 atom stereocenters. The van der Waals surface area contributed by atoms with Crippen LogP contribution in [0.4, 0.5) is 17.1 Å². The Balaban J connectivity index is 0.00000201. The Morgan fingerprint density at radius 1 is 0.463 bits per heavy atom. The molecular formula is C32H52HfN4PSi3+. The van der Waals surface area contributed by atoms with E-state index in [1.54, 1.807) is 14.1 Å². The second-order valence-corrected chi connectivity index (χ2v) is 29.7. The molecule has 3 aromatic carbocycles. The van der Waals surface area contributed by atoms with Crippen LogP contribution in [0.5, 0.6) is 0 Å². The van der Waals surface area contributed by atoms with Gasteiger partial charge in [0.25, 0.3) is 0 Å². The second kappa shape index (κ2) is 17.3. The molecule has 0 N–H and O–H groups in total. The zero-order valence-electron chi connectivity index (χ0n) is 27.3. The Bertz CT molecular complexity index is 1040. The van der Waals surface area contributed by atoms with Gasteiger partial charge in [-0.3, -0.25) is 0 Å². The van der Waals surface area contributed by atoms with Gasteiger partial charge in [0.05, 0.1) is 18.5 Å². The molecule has 0 spiro atoms. The van der Waals surface area contributed by atoms with E-state index < -0.39 is 32.6 Å². The van der Waals surface area contributed by atoms with Crippen LogP contribution in [0.25, 0.3) is 20.3 Å². The van der Waals surface area contributed by atoms with Crippen molar-refractivity contribution < 1.29 is 25.8 Å². The quantitative estimate of drug-likeness (QED) is 0.130. The SMILES string of the molecule is C[N-]C.C[Si](C)(C)[N-]c1ccccc1C[PH+](Cc1ccccc1[N-][Si](C)(C)C)Cc1ccccc1[N-][Si](C)(C)C.[Hf+4]. The van der Waals surface area contributed by atoms with E-state index in [2.05, 4.69) is 137 Å². The molecular weight excluding hydrogens is 734 g/mol. The molecule has 0 aromatic heterocycles. The van der Waals surface area contributed by atoms with Crippen molar-refractivity contribution in [3.8, 4) is 0 Å². The molecule has 0 unspecified atom stereocenters. The van der Waals surface area contributed by atoms with Gasteiger partial charge in [0.1, 0.15) is 0 Å². The smallest absolute Gasteiger partial charge is 0.687 e. The molecule has 0 radical (unpaired) electrons. The van der Waals surface area contributed by atoms with E-state index in [4.69, 9.17) is 14.9 Å². The van der Waals surface area contributed by atoms with Gasteiger partial charge in [-0.05, 0) is 41.4 Å². The fourth-order valence-electron chi connectivity index (χ4n) is 4.39. The van der Waals surface area contributed by atoms with Gasteiger partial charge >= 0.3 is 25.8 Å². The molecule has 0 bridgehead atoms. The second-order valence-electron chi connectivity index (χ2n) is 13.5. The predicted molar refractivity (Wildman–Crippen MR) is 193 cm³/mol. The molecule has 4 nitrogen and oxygen atoms in total. The molecule has 3 rings (SSSR count). The van der Waals surface area contributed by atoms with Crippen molar-refractivity contribution >= 4 is 49.7 Å². The molecule has 0 fully saturated rings. The molecule has 0 aliphatic heterocycles. The van der Waals surface area contributed by atoms with Crippen LogP contribution in [0.1, 0.15) is 16.7 Å². The van der Waals surface area contributed by atoms with E-state index >= 15 is 0 Å². The van der Waals surface area contributed by atoms with E-state index in [0.29, 0.717) is 0 Å². The van der Waals surface area contributed by atoms with Gasteiger partial charge in [0.15, 0.2) is 0 Å². The van der Waals surface area contributed by atoms with Gasteiger partial charge in [-0.15, -0.1) is 17.1 Å². The normalized spacial score (nSPS) is 11.7. The van der Waals surface area contributed by atoms with Gasteiger partial charge in [-0.25, -0.2) is 0 Å². The third kappa shape index (κ3) is 15.3. The van der Waals surface area contributed by atoms with Gasteiger partial charge in [0, 0.05) is 7.92 Å². The first-order valence-corrected chi connectivity index (χ1v) is 26.8. The molecule has 41 heavy (non-hydrogen) atoms. The molecule has 0 saturated heterocycles. The van der Waals surface area contributed by atoms with Crippen molar-refractivity contribution in [2.75, 3.05) is 14.1 Å². The van der Waals surface area contributed by atoms with Gasteiger partial charge < -0.3 is 20.3 Å². The van der Waals surface area contributed by atoms with Crippen molar-refractivity contribution in [2.24, 2.45) is 0 Å². The third-order valence-corrected chi connectivity index (χ3v) is 11.0. The summed E-state index contributed by atoms with van der Waals surface area (Å²) >= 11 is 0. The van der Waals surface area contributed by atoms with Crippen LogP contribution in [0.15, 0.2) is 72.8 Å². The Labute approximate surface area is 275 Å². The summed E-state index contributed by atoms with van der Waals surface area (Å²) < 4.78 is 0. The van der Waals surface area contributed by atoms with Crippen LogP contribution in [-0.4, -0.2) is 38.8 Å². The molecule has 0 heterocycles. The van der Waals surface area contributed by atoms with E-state index in [1.807, 2.05) is 0 Å².